The first-order valence-electron chi connectivity index (χ1n) is 4.57. The van der Waals surface area contributed by atoms with Crippen molar-refractivity contribution in [3.05, 3.63) is 46.5 Å². The van der Waals surface area contributed by atoms with Gasteiger partial charge in [-0.3, -0.25) is 9.78 Å². The summed E-state index contributed by atoms with van der Waals surface area (Å²) in [6, 6.07) is 4.76. The number of pyridine rings is 1. The molecule has 0 saturated heterocycles. The number of anilines is 1. The second-order valence-electron chi connectivity index (χ2n) is 3.07. The van der Waals surface area contributed by atoms with Gasteiger partial charge < -0.3 is 5.32 Å². The number of rotatable bonds is 2. The molecule has 7 heteroatoms. The second-order valence-corrected chi connectivity index (χ2v) is 3.81. The molecule has 5 nitrogen and oxygen atoms in total. The van der Waals surface area contributed by atoms with Gasteiger partial charge in [-0.2, -0.15) is 0 Å². The van der Waals surface area contributed by atoms with Crippen molar-refractivity contribution >= 4 is 34.8 Å². The molecule has 0 aliphatic heterocycles. The Bertz CT molecular complexity index is 547. The lowest BCUT2D eigenvalue weighted by Gasteiger charge is -2.05. The van der Waals surface area contributed by atoms with Crippen LogP contribution in [0.5, 0.6) is 0 Å². The molecule has 0 bridgehead atoms. The van der Waals surface area contributed by atoms with E-state index in [-0.39, 0.29) is 15.9 Å². The van der Waals surface area contributed by atoms with Gasteiger partial charge in [0.25, 0.3) is 5.91 Å². The Morgan fingerprint density at radius 3 is 2.82 bits per heavy atom. The number of hydrogen-bond acceptors (Lipinski definition) is 4. The standard InChI is InChI=1S/C10H6Cl2N4O/c11-8-4-7(9(12)16-15-8)10(17)14-6-2-1-3-13-5-6/h1-5H,(H,14,17). The molecular weight excluding hydrogens is 263 g/mol. The Morgan fingerprint density at radius 2 is 2.12 bits per heavy atom. The molecule has 2 heterocycles. The third-order valence-corrected chi connectivity index (χ3v) is 2.35. The summed E-state index contributed by atoms with van der Waals surface area (Å²) in [7, 11) is 0. The average Bonchev–Trinajstić information content (AvgIpc) is 2.33. The highest BCUT2D eigenvalue weighted by Crippen LogP contribution is 2.17. The zero-order valence-electron chi connectivity index (χ0n) is 8.39. The first kappa shape index (κ1) is 11.8. The second kappa shape index (κ2) is 5.07. The number of hydrogen-bond donors (Lipinski definition) is 1. The molecule has 0 radical (unpaired) electrons. The van der Waals surface area contributed by atoms with Crippen LogP contribution < -0.4 is 5.32 Å². The van der Waals surface area contributed by atoms with E-state index in [4.69, 9.17) is 23.2 Å². The van der Waals surface area contributed by atoms with Crippen molar-refractivity contribution in [2.75, 3.05) is 5.32 Å². The normalized spacial score (nSPS) is 10.0. The molecule has 86 valence electrons. The van der Waals surface area contributed by atoms with Gasteiger partial charge in [0.1, 0.15) is 0 Å². The van der Waals surface area contributed by atoms with E-state index in [0.717, 1.165) is 0 Å². The van der Waals surface area contributed by atoms with Crippen LogP contribution in [0, 0.1) is 0 Å². The fraction of sp³-hybridized carbons (Fsp3) is 0. The van der Waals surface area contributed by atoms with E-state index in [1.165, 1.54) is 12.3 Å². The molecule has 0 aromatic carbocycles. The van der Waals surface area contributed by atoms with Crippen molar-refractivity contribution < 1.29 is 4.79 Å². The maximum atomic E-state index is 11.8. The fourth-order valence-electron chi connectivity index (χ4n) is 1.15. The average molecular weight is 269 g/mol. The molecule has 0 saturated carbocycles. The topological polar surface area (TPSA) is 67.8 Å². The molecule has 2 rings (SSSR count). The molecule has 17 heavy (non-hydrogen) atoms. The lowest BCUT2D eigenvalue weighted by atomic mass is 10.3. The van der Waals surface area contributed by atoms with Gasteiger partial charge in [0.15, 0.2) is 10.3 Å². The highest BCUT2D eigenvalue weighted by atomic mass is 35.5. The summed E-state index contributed by atoms with van der Waals surface area (Å²) in [6.07, 6.45) is 3.12. The van der Waals surface area contributed by atoms with Crippen LogP contribution in [-0.4, -0.2) is 21.1 Å². The van der Waals surface area contributed by atoms with Crippen LogP contribution in [0.3, 0.4) is 0 Å². The van der Waals surface area contributed by atoms with E-state index in [1.54, 1.807) is 18.3 Å². The highest BCUT2D eigenvalue weighted by molar-refractivity contribution is 6.34. The minimum atomic E-state index is -0.417. The zero-order chi connectivity index (χ0) is 12.3. The van der Waals surface area contributed by atoms with Crippen LogP contribution in [0.2, 0.25) is 10.3 Å². The van der Waals surface area contributed by atoms with Crippen molar-refractivity contribution in [1.82, 2.24) is 15.2 Å². The zero-order valence-corrected chi connectivity index (χ0v) is 9.90. The van der Waals surface area contributed by atoms with Crippen molar-refractivity contribution in [2.45, 2.75) is 0 Å². The number of carbonyl (C=O) groups is 1. The Kier molecular flexibility index (Phi) is 3.51. The van der Waals surface area contributed by atoms with Crippen LogP contribution in [0.25, 0.3) is 0 Å². The molecule has 1 amide bonds. The molecule has 1 N–H and O–H groups in total. The first-order valence-corrected chi connectivity index (χ1v) is 5.32. The molecule has 0 atom stereocenters. The Labute approximate surface area is 107 Å². The van der Waals surface area contributed by atoms with Crippen molar-refractivity contribution in [3.63, 3.8) is 0 Å². The van der Waals surface area contributed by atoms with Gasteiger partial charge in [-0.25, -0.2) is 0 Å². The molecule has 0 aliphatic rings. The molecule has 0 unspecified atom stereocenters. The van der Waals surface area contributed by atoms with Gasteiger partial charge in [-0.05, 0) is 18.2 Å². The van der Waals surface area contributed by atoms with Gasteiger partial charge in [-0.1, -0.05) is 23.2 Å². The van der Waals surface area contributed by atoms with Gasteiger partial charge in [0.2, 0.25) is 0 Å². The van der Waals surface area contributed by atoms with Gasteiger partial charge in [-0.15, -0.1) is 10.2 Å². The van der Waals surface area contributed by atoms with E-state index < -0.39 is 5.91 Å². The van der Waals surface area contributed by atoms with Crippen molar-refractivity contribution in [2.24, 2.45) is 0 Å². The number of nitrogens with zero attached hydrogens (tertiary/aromatic N) is 3. The summed E-state index contributed by atoms with van der Waals surface area (Å²) >= 11 is 11.4. The summed E-state index contributed by atoms with van der Waals surface area (Å²) in [6.45, 7) is 0. The number of amides is 1. The lowest BCUT2D eigenvalue weighted by Crippen LogP contribution is -2.13. The maximum absolute atomic E-state index is 11.8. The van der Waals surface area contributed by atoms with E-state index in [1.807, 2.05) is 0 Å². The van der Waals surface area contributed by atoms with Gasteiger partial charge in [0, 0.05) is 6.20 Å². The Morgan fingerprint density at radius 1 is 1.29 bits per heavy atom. The van der Waals surface area contributed by atoms with Crippen molar-refractivity contribution in [3.8, 4) is 0 Å². The fourth-order valence-corrected chi connectivity index (χ4v) is 1.47. The number of aromatic nitrogens is 3. The Hall–Kier alpha value is -1.72. The lowest BCUT2D eigenvalue weighted by molar-refractivity contribution is 0.102. The molecule has 2 aromatic rings. The van der Waals surface area contributed by atoms with E-state index >= 15 is 0 Å². The van der Waals surface area contributed by atoms with E-state index in [2.05, 4.69) is 20.5 Å². The molecular formula is C10H6Cl2N4O. The molecule has 0 aliphatic carbocycles. The monoisotopic (exact) mass is 268 g/mol. The van der Waals surface area contributed by atoms with Crippen LogP contribution >= 0.6 is 23.2 Å². The van der Waals surface area contributed by atoms with E-state index in [0.29, 0.717) is 5.69 Å². The van der Waals surface area contributed by atoms with Crippen LogP contribution in [0.4, 0.5) is 5.69 Å². The van der Waals surface area contributed by atoms with Gasteiger partial charge in [0.05, 0.1) is 17.4 Å². The Balaban J connectivity index is 2.23. The predicted octanol–water partition coefficient (Wildman–Crippen LogP) is 2.43. The van der Waals surface area contributed by atoms with Crippen molar-refractivity contribution in [1.29, 1.82) is 0 Å². The smallest absolute Gasteiger partial charge is 0.259 e. The number of halogens is 2. The molecule has 0 spiro atoms. The number of carbonyl (C=O) groups excluding carboxylic acids is 1. The number of nitrogens with one attached hydrogen (secondary N) is 1. The summed E-state index contributed by atoms with van der Waals surface area (Å²) < 4.78 is 0. The third-order valence-electron chi connectivity index (χ3n) is 1.88. The van der Waals surface area contributed by atoms with Gasteiger partial charge >= 0.3 is 0 Å². The summed E-state index contributed by atoms with van der Waals surface area (Å²) in [4.78, 5) is 15.7. The minimum Gasteiger partial charge on any atom is -0.320 e. The van der Waals surface area contributed by atoms with E-state index in [9.17, 15) is 4.79 Å². The van der Waals surface area contributed by atoms with Crippen LogP contribution in [-0.2, 0) is 0 Å². The predicted molar refractivity (Wildman–Crippen MR) is 64.2 cm³/mol. The SMILES string of the molecule is O=C(Nc1cccnc1)c1cc(Cl)nnc1Cl. The summed E-state index contributed by atoms with van der Waals surface area (Å²) in [5.74, 6) is -0.417. The van der Waals surface area contributed by atoms with Crippen LogP contribution in [0.1, 0.15) is 10.4 Å². The molecule has 2 aromatic heterocycles. The maximum Gasteiger partial charge on any atom is 0.259 e. The quantitative estimate of drug-likeness (QED) is 0.909. The van der Waals surface area contributed by atoms with Crippen LogP contribution in [0.15, 0.2) is 30.6 Å². The summed E-state index contributed by atoms with van der Waals surface area (Å²) in [5, 5.41) is 9.78. The summed E-state index contributed by atoms with van der Waals surface area (Å²) in [5.41, 5.74) is 0.719. The highest BCUT2D eigenvalue weighted by Gasteiger charge is 2.13. The molecule has 0 fully saturated rings. The minimum absolute atomic E-state index is 0.00390. The third kappa shape index (κ3) is 2.89. The first-order chi connectivity index (χ1) is 8.16. The largest absolute Gasteiger partial charge is 0.320 e.